The quantitative estimate of drug-likeness (QED) is 0.421. The van der Waals surface area contributed by atoms with E-state index in [1.54, 1.807) is 0 Å². The molecule has 2 nitrogen and oxygen atoms in total. The highest BCUT2D eigenvalue weighted by Gasteiger charge is 2.55. The van der Waals surface area contributed by atoms with Crippen molar-refractivity contribution in [1.82, 2.24) is 0 Å². The maximum absolute atomic E-state index is 7.19. The summed E-state index contributed by atoms with van der Waals surface area (Å²) in [6, 6.07) is 21.1. The summed E-state index contributed by atoms with van der Waals surface area (Å²) < 4.78 is 14.4. The van der Waals surface area contributed by atoms with E-state index in [1.165, 1.54) is 89.9 Å². The number of para-hydroxylation sites is 2. The predicted octanol–water partition coefficient (Wildman–Crippen LogP) is 8.82. The van der Waals surface area contributed by atoms with Crippen LogP contribution in [0.4, 0.5) is 0 Å². The van der Waals surface area contributed by atoms with Crippen LogP contribution in [0.15, 0.2) is 60.7 Å². The molecule has 0 aromatic heterocycles. The average molecular weight is 437 g/mol. The Morgan fingerprint density at radius 1 is 0.452 bits per heavy atom. The first kappa shape index (κ1) is 22.5. The Morgan fingerprint density at radius 3 is 1.13 bits per heavy atom. The topological polar surface area (TPSA) is 18.5 Å². The van der Waals surface area contributed by atoms with Crippen LogP contribution in [0.3, 0.4) is 0 Å². The van der Waals surface area contributed by atoms with E-state index in [-0.39, 0.29) is 0 Å². The van der Waals surface area contributed by atoms with Gasteiger partial charge < -0.3 is 8.85 Å². The first-order valence-electron chi connectivity index (χ1n) is 12.8. The molecule has 2 aliphatic rings. The molecule has 0 saturated heterocycles. The Balaban J connectivity index is 1.74. The lowest BCUT2D eigenvalue weighted by Crippen LogP contribution is -2.57. The van der Waals surface area contributed by atoms with E-state index in [0.717, 1.165) is 11.5 Å². The number of benzene rings is 2. The standard InChI is InChI=1S/C28H40O2Si/c1-3-13-21-27(22-14-4-1)31(29-25-17-9-7-10-18-25,30-26-19-11-8-12-20-26)28-23-15-5-2-6-16-24-28/h7-12,17-20,27-28H,1-6,13-16,21-24H2. The van der Waals surface area contributed by atoms with Crippen molar-refractivity contribution < 1.29 is 8.85 Å². The molecule has 0 bridgehead atoms. The highest BCUT2D eigenvalue weighted by molar-refractivity contribution is 6.72. The van der Waals surface area contributed by atoms with Crippen LogP contribution in [0, 0.1) is 0 Å². The third-order valence-electron chi connectivity index (χ3n) is 7.39. The van der Waals surface area contributed by atoms with Crippen LogP contribution < -0.4 is 8.85 Å². The minimum atomic E-state index is -2.58. The molecule has 0 radical (unpaired) electrons. The van der Waals surface area contributed by atoms with Gasteiger partial charge in [-0.25, -0.2) is 0 Å². The van der Waals surface area contributed by atoms with Gasteiger partial charge in [-0.15, -0.1) is 0 Å². The van der Waals surface area contributed by atoms with Gasteiger partial charge in [0.25, 0.3) is 0 Å². The summed E-state index contributed by atoms with van der Waals surface area (Å²) >= 11 is 0. The van der Waals surface area contributed by atoms with E-state index in [4.69, 9.17) is 8.85 Å². The van der Waals surface area contributed by atoms with Gasteiger partial charge >= 0.3 is 8.56 Å². The Hall–Kier alpha value is -1.74. The molecule has 168 valence electrons. The Labute approximate surface area is 190 Å². The SMILES string of the molecule is c1ccc(O[Si](Oc2ccccc2)(C2CCCCCCC2)C2CCCCCCC2)cc1. The second kappa shape index (κ2) is 11.8. The summed E-state index contributed by atoms with van der Waals surface area (Å²) in [4.78, 5) is 0. The summed E-state index contributed by atoms with van der Waals surface area (Å²) in [6.07, 6.45) is 18.6. The minimum absolute atomic E-state index is 0.567. The highest BCUT2D eigenvalue weighted by atomic mass is 28.4. The van der Waals surface area contributed by atoms with Crippen molar-refractivity contribution in [2.45, 2.75) is 101 Å². The molecule has 4 rings (SSSR count). The van der Waals surface area contributed by atoms with Gasteiger partial charge in [-0.3, -0.25) is 0 Å². The monoisotopic (exact) mass is 436 g/mol. The second-order valence-corrected chi connectivity index (χ2v) is 13.1. The highest BCUT2D eigenvalue weighted by Crippen LogP contribution is 2.48. The van der Waals surface area contributed by atoms with Crippen LogP contribution in [-0.2, 0) is 0 Å². The predicted molar refractivity (Wildman–Crippen MR) is 132 cm³/mol. The van der Waals surface area contributed by atoms with E-state index in [1.807, 2.05) is 0 Å². The van der Waals surface area contributed by atoms with Gasteiger partial charge in [0.05, 0.1) is 0 Å². The molecule has 0 amide bonds. The molecule has 0 N–H and O–H groups in total. The summed E-state index contributed by atoms with van der Waals surface area (Å²) in [5.41, 5.74) is 1.13. The van der Waals surface area contributed by atoms with Crippen LogP contribution in [-0.4, -0.2) is 8.56 Å². The molecule has 0 heterocycles. The van der Waals surface area contributed by atoms with Crippen molar-refractivity contribution in [2.24, 2.45) is 0 Å². The summed E-state index contributed by atoms with van der Waals surface area (Å²) in [6.45, 7) is 0. The van der Waals surface area contributed by atoms with E-state index in [9.17, 15) is 0 Å². The Morgan fingerprint density at radius 2 is 0.774 bits per heavy atom. The third-order valence-corrected chi connectivity index (χ3v) is 11.9. The largest absolute Gasteiger partial charge is 0.512 e. The maximum atomic E-state index is 7.19. The zero-order valence-corrected chi connectivity index (χ0v) is 20.1. The molecule has 2 aromatic rings. The fourth-order valence-electron chi connectivity index (χ4n) is 5.75. The van der Waals surface area contributed by atoms with Gasteiger partial charge in [0.15, 0.2) is 0 Å². The summed E-state index contributed by atoms with van der Waals surface area (Å²) in [5, 5.41) is 0. The van der Waals surface area contributed by atoms with Crippen LogP contribution in [0.5, 0.6) is 11.5 Å². The molecule has 0 spiro atoms. The zero-order chi connectivity index (χ0) is 21.2. The van der Waals surface area contributed by atoms with E-state index < -0.39 is 8.56 Å². The van der Waals surface area contributed by atoms with Gasteiger partial charge in [0.2, 0.25) is 0 Å². The van der Waals surface area contributed by atoms with Gasteiger partial charge in [-0.05, 0) is 49.9 Å². The van der Waals surface area contributed by atoms with Crippen molar-refractivity contribution in [3.63, 3.8) is 0 Å². The fraction of sp³-hybridized carbons (Fsp3) is 0.571. The first-order chi connectivity index (χ1) is 15.4. The van der Waals surface area contributed by atoms with Crippen molar-refractivity contribution in [1.29, 1.82) is 0 Å². The molecule has 0 unspecified atom stereocenters. The number of rotatable bonds is 6. The first-order valence-corrected chi connectivity index (χ1v) is 14.8. The molecule has 31 heavy (non-hydrogen) atoms. The average Bonchev–Trinajstić information content (AvgIpc) is 2.74. The fourth-order valence-corrected chi connectivity index (χ4v) is 10.6. The van der Waals surface area contributed by atoms with E-state index >= 15 is 0 Å². The molecule has 0 atom stereocenters. The van der Waals surface area contributed by atoms with E-state index in [2.05, 4.69) is 60.7 Å². The van der Waals surface area contributed by atoms with Crippen LogP contribution in [0.2, 0.25) is 11.1 Å². The lowest BCUT2D eigenvalue weighted by Gasteiger charge is -2.44. The molecule has 2 fully saturated rings. The normalized spacial score (nSPS) is 20.1. The molecule has 3 heteroatoms. The van der Waals surface area contributed by atoms with Crippen molar-refractivity contribution >= 4 is 8.56 Å². The van der Waals surface area contributed by atoms with E-state index in [0.29, 0.717) is 11.1 Å². The summed E-state index contributed by atoms with van der Waals surface area (Å²) in [7, 11) is -2.58. The molecule has 2 aliphatic carbocycles. The molecule has 0 aliphatic heterocycles. The lowest BCUT2D eigenvalue weighted by atomic mass is 10.00. The molecular formula is C28H40O2Si. The summed E-state index contributed by atoms with van der Waals surface area (Å²) in [5.74, 6) is 2.02. The van der Waals surface area contributed by atoms with Crippen LogP contribution in [0.1, 0.15) is 89.9 Å². The van der Waals surface area contributed by atoms with Gasteiger partial charge in [0, 0.05) is 11.1 Å². The second-order valence-electron chi connectivity index (χ2n) is 9.64. The molecule has 2 saturated carbocycles. The lowest BCUT2D eigenvalue weighted by molar-refractivity contribution is 0.300. The zero-order valence-electron chi connectivity index (χ0n) is 19.1. The Bertz CT molecular complexity index is 667. The van der Waals surface area contributed by atoms with Crippen molar-refractivity contribution in [3.8, 4) is 11.5 Å². The van der Waals surface area contributed by atoms with Gasteiger partial charge in [-0.2, -0.15) is 0 Å². The third kappa shape index (κ3) is 6.16. The molecule has 2 aromatic carbocycles. The van der Waals surface area contributed by atoms with Gasteiger partial charge in [-0.1, -0.05) is 101 Å². The minimum Gasteiger partial charge on any atom is -0.512 e. The Kier molecular flexibility index (Phi) is 8.51. The van der Waals surface area contributed by atoms with Crippen LogP contribution in [0.25, 0.3) is 0 Å². The molecular weight excluding hydrogens is 396 g/mol. The van der Waals surface area contributed by atoms with Gasteiger partial charge in [0.1, 0.15) is 11.5 Å². The van der Waals surface area contributed by atoms with Crippen molar-refractivity contribution in [3.05, 3.63) is 60.7 Å². The van der Waals surface area contributed by atoms with Crippen molar-refractivity contribution in [2.75, 3.05) is 0 Å². The maximum Gasteiger partial charge on any atom is 0.466 e. The smallest absolute Gasteiger partial charge is 0.466 e. The number of hydrogen-bond acceptors (Lipinski definition) is 2. The number of hydrogen-bond donors (Lipinski definition) is 0. The van der Waals surface area contributed by atoms with Crippen LogP contribution >= 0.6 is 0 Å².